The SMILES string of the molecule is CC(=O)/C=C(/c1ccccc1)C(C)C. The average Bonchev–Trinajstić information content (AvgIpc) is 2.15. The van der Waals surface area contributed by atoms with Gasteiger partial charge in [-0.25, -0.2) is 0 Å². The summed E-state index contributed by atoms with van der Waals surface area (Å²) in [7, 11) is 0. The summed E-state index contributed by atoms with van der Waals surface area (Å²) in [6.07, 6.45) is 1.72. The van der Waals surface area contributed by atoms with Gasteiger partial charge in [0.1, 0.15) is 0 Å². The molecule has 1 aromatic carbocycles. The Labute approximate surface area is 85.5 Å². The van der Waals surface area contributed by atoms with E-state index in [-0.39, 0.29) is 5.78 Å². The van der Waals surface area contributed by atoms with Gasteiger partial charge in [-0.3, -0.25) is 4.79 Å². The van der Waals surface area contributed by atoms with Crippen molar-refractivity contribution in [2.24, 2.45) is 5.92 Å². The highest BCUT2D eigenvalue weighted by molar-refractivity contribution is 5.95. The van der Waals surface area contributed by atoms with Crippen LogP contribution in [0.5, 0.6) is 0 Å². The van der Waals surface area contributed by atoms with E-state index < -0.39 is 0 Å². The zero-order chi connectivity index (χ0) is 10.6. The highest BCUT2D eigenvalue weighted by atomic mass is 16.1. The molecule has 0 saturated carbocycles. The lowest BCUT2D eigenvalue weighted by molar-refractivity contribution is -0.112. The van der Waals surface area contributed by atoms with Crippen LogP contribution in [0.1, 0.15) is 26.3 Å². The Bertz CT molecular complexity index is 334. The molecule has 0 radical (unpaired) electrons. The van der Waals surface area contributed by atoms with Crippen molar-refractivity contribution in [1.29, 1.82) is 0 Å². The Kier molecular flexibility index (Phi) is 3.63. The van der Waals surface area contributed by atoms with Crippen LogP contribution in [0.2, 0.25) is 0 Å². The number of carbonyl (C=O) groups is 1. The van der Waals surface area contributed by atoms with E-state index in [1.54, 1.807) is 13.0 Å². The Balaban J connectivity index is 3.08. The van der Waals surface area contributed by atoms with E-state index in [1.165, 1.54) is 0 Å². The minimum atomic E-state index is 0.109. The second kappa shape index (κ2) is 4.75. The number of benzene rings is 1. The monoisotopic (exact) mass is 188 g/mol. The molecule has 0 unspecified atom stereocenters. The largest absolute Gasteiger partial charge is 0.295 e. The Morgan fingerprint density at radius 2 is 1.79 bits per heavy atom. The third-order valence-corrected chi connectivity index (χ3v) is 2.09. The van der Waals surface area contributed by atoms with E-state index in [2.05, 4.69) is 13.8 Å². The van der Waals surface area contributed by atoms with E-state index in [1.807, 2.05) is 30.3 Å². The van der Waals surface area contributed by atoms with Crippen molar-refractivity contribution < 1.29 is 4.79 Å². The first kappa shape index (κ1) is 10.7. The summed E-state index contributed by atoms with van der Waals surface area (Å²) in [5, 5.41) is 0. The van der Waals surface area contributed by atoms with E-state index in [4.69, 9.17) is 0 Å². The molecule has 1 aromatic rings. The molecule has 0 saturated heterocycles. The Morgan fingerprint density at radius 1 is 1.21 bits per heavy atom. The summed E-state index contributed by atoms with van der Waals surface area (Å²) in [4.78, 5) is 11.1. The van der Waals surface area contributed by atoms with Gasteiger partial charge >= 0.3 is 0 Å². The van der Waals surface area contributed by atoms with Gasteiger partial charge in [0.25, 0.3) is 0 Å². The highest BCUT2D eigenvalue weighted by Gasteiger charge is 2.06. The molecule has 0 aliphatic carbocycles. The fourth-order valence-corrected chi connectivity index (χ4v) is 1.43. The van der Waals surface area contributed by atoms with Gasteiger partial charge in [-0.15, -0.1) is 0 Å². The lowest BCUT2D eigenvalue weighted by Gasteiger charge is -2.10. The predicted molar refractivity (Wildman–Crippen MR) is 59.9 cm³/mol. The molecule has 0 fully saturated rings. The molecule has 1 rings (SSSR count). The normalized spacial score (nSPS) is 11.9. The van der Waals surface area contributed by atoms with Gasteiger partial charge in [0.2, 0.25) is 0 Å². The number of allylic oxidation sites excluding steroid dienone is 2. The number of hydrogen-bond donors (Lipinski definition) is 0. The zero-order valence-electron chi connectivity index (χ0n) is 8.95. The van der Waals surface area contributed by atoms with E-state index in [0.29, 0.717) is 5.92 Å². The zero-order valence-corrected chi connectivity index (χ0v) is 8.95. The molecular formula is C13H16O. The molecular weight excluding hydrogens is 172 g/mol. The number of rotatable bonds is 3. The van der Waals surface area contributed by atoms with Crippen molar-refractivity contribution in [3.05, 3.63) is 42.0 Å². The third-order valence-electron chi connectivity index (χ3n) is 2.09. The summed E-state index contributed by atoms with van der Waals surface area (Å²) < 4.78 is 0. The van der Waals surface area contributed by atoms with Gasteiger partial charge in [0.15, 0.2) is 5.78 Å². The van der Waals surface area contributed by atoms with Crippen molar-refractivity contribution in [3.8, 4) is 0 Å². The quantitative estimate of drug-likeness (QED) is 0.665. The smallest absolute Gasteiger partial charge is 0.152 e. The van der Waals surface area contributed by atoms with Crippen LogP contribution in [0.25, 0.3) is 5.57 Å². The lowest BCUT2D eigenvalue weighted by atomic mass is 9.94. The van der Waals surface area contributed by atoms with Crippen LogP contribution >= 0.6 is 0 Å². The standard InChI is InChI=1S/C13H16O/c1-10(2)13(9-11(3)14)12-7-5-4-6-8-12/h4-10H,1-3H3/b13-9+. The molecule has 0 spiro atoms. The third kappa shape index (κ3) is 2.84. The molecule has 0 heterocycles. The van der Waals surface area contributed by atoms with Gasteiger partial charge in [-0.2, -0.15) is 0 Å². The summed E-state index contributed by atoms with van der Waals surface area (Å²) in [5.41, 5.74) is 2.25. The first-order valence-corrected chi connectivity index (χ1v) is 4.89. The van der Waals surface area contributed by atoms with Gasteiger partial charge in [0, 0.05) is 0 Å². The van der Waals surface area contributed by atoms with Crippen molar-refractivity contribution in [2.75, 3.05) is 0 Å². The molecule has 0 aliphatic heterocycles. The second-order valence-electron chi connectivity index (χ2n) is 3.73. The minimum Gasteiger partial charge on any atom is -0.295 e. The first-order valence-electron chi connectivity index (χ1n) is 4.89. The minimum absolute atomic E-state index is 0.109. The van der Waals surface area contributed by atoms with Crippen LogP contribution in [0.15, 0.2) is 36.4 Å². The molecule has 0 aromatic heterocycles. The number of carbonyl (C=O) groups excluding carboxylic acids is 1. The highest BCUT2D eigenvalue weighted by Crippen LogP contribution is 2.22. The predicted octanol–water partition coefficient (Wildman–Crippen LogP) is 3.32. The topological polar surface area (TPSA) is 17.1 Å². The molecule has 74 valence electrons. The van der Waals surface area contributed by atoms with E-state index in [0.717, 1.165) is 11.1 Å². The molecule has 0 atom stereocenters. The molecule has 14 heavy (non-hydrogen) atoms. The maximum Gasteiger partial charge on any atom is 0.152 e. The van der Waals surface area contributed by atoms with Gasteiger partial charge in [-0.05, 0) is 30.1 Å². The Hall–Kier alpha value is -1.37. The molecule has 0 aliphatic rings. The summed E-state index contributed by atoms with van der Waals surface area (Å²) >= 11 is 0. The number of ketones is 1. The summed E-state index contributed by atoms with van der Waals surface area (Å²) in [6.45, 7) is 5.79. The van der Waals surface area contributed by atoms with Crippen molar-refractivity contribution in [3.63, 3.8) is 0 Å². The van der Waals surface area contributed by atoms with Crippen molar-refractivity contribution in [1.82, 2.24) is 0 Å². The van der Waals surface area contributed by atoms with Crippen LogP contribution in [0.3, 0.4) is 0 Å². The van der Waals surface area contributed by atoms with Crippen LogP contribution < -0.4 is 0 Å². The van der Waals surface area contributed by atoms with Gasteiger partial charge in [0.05, 0.1) is 0 Å². The molecule has 0 amide bonds. The van der Waals surface area contributed by atoms with Crippen molar-refractivity contribution in [2.45, 2.75) is 20.8 Å². The number of hydrogen-bond acceptors (Lipinski definition) is 1. The molecule has 0 N–H and O–H groups in total. The first-order chi connectivity index (χ1) is 6.61. The summed E-state index contributed by atoms with van der Waals surface area (Å²) in [6, 6.07) is 10.0. The van der Waals surface area contributed by atoms with Gasteiger partial charge in [-0.1, -0.05) is 44.2 Å². The van der Waals surface area contributed by atoms with E-state index in [9.17, 15) is 4.79 Å². The molecule has 1 heteroatoms. The van der Waals surface area contributed by atoms with Crippen LogP contribution in [0.4, 0.5) is 0 Å². The van der Waals surface area contributed by atoms with Crippen molar-refractivity contribution >= 4 is 11.4 Å². The van der Waals surface area contributed by atoms with Gasteiger partial charge < -0.3 is 0 Å². The Morgan fingerprint density at radius 3 is 2.21 bits per heavy atom. The average molecular weight is 188 g/mol. The fraction of sp³-hybridized carbons (Fsp3) is 0.308. The van der Waals surface area contributed by atoms with Crippen LogP contribution in [-0.2, 0) is 4.79 Å². The maximum absolute atomic E-state index is 11.1. The lowest BCUT2D eigenvalue weighted by Crippen LogP contribution is -1.96. The molecule has 0 bridgehead atoms. The van der Waals surface area contributed by atoms with E-state index >= 15 is 0 Å². The summed E-state index contributed by atoms with van der Waals surface area (Å²) in [5.74, 6) is 0.485. The fourth-order valence-electron chi connectivity index (χ4n) is 1.43. The maximum atomic E-state index is 11.1. The molecule has 1 nitrogen and oxygen atoms in total. The van der Waals surface area contributed by atoms with Crippen LogP contribution in [0, 0.1) is 5.92 Å². The van der Waals surface area contributed by atoms with Crippen LogP contribution in [-0.4, -0.2) is 5.78 Å². The second-order valence-corrected chi connectivity index (χ2v) is 3.73.